The number of anilines is 1. The molecule has 1 rings (SSSR count). The van der Waals surface area contributed by atoms with Gasteiger partial charge in [-0.05, 0) is 69.4 Å². The molecule has 0 spiro atoms. The predicted octanol–water partition coefficient (Wildman–Crippen LogP) is 4.16. The number of nitrogens with zero attached hydrogens (tertiary/aromatic N) is 1. The fourth-order valence-corrected chi connectivity index (χ4v) is 3.13. The second kappa shape index (κ2) is 13.1. The number of nitrogens with two attached hydrogens (primary N) is 1. The van der Waals surface area contributed by atoms with Crippen molar-refractivity contribution in [3.63, 3.8) is 0 Å². The van der Waals surface area contributed by atoms with Gasteiger partial charge in [-0.2, -0.15) is 8.42 Å². The maximum absolute atomic E-state index is 11.0. The molecule has 0 heterocycles. The molecule has 0 radical (unpaired) electrons. The minimum Gasteiger partial charge on any atom is -0.303 e. The van der Waals surface area contributed by atoms with Crippen molar-refractivity contribution in [1.29, 1.82) is 0 Å². The van der Waals surface area contributed by atoms with Crippen LogP contribution in [0.15, 0.2) is 24.3 Å². The number of nitrogens with one attached hydrogen (secondary N) is 1. The van der Waals surface area contributed by atoms with E-state index in [1.165, 1.54) is 57.3 Å². The van der Waals surface area contributed by atoms with Gasteiger partial charge in [0.1, 0.15) is 0 Å². The Balaban J connectivity index is 0.00000576. The Kier molecular flexibility index (Phi) is 12.6. The molecule has 0 saturated carbocycles. The summed E-state index contributed by atoms with van der Waals surface area (Å²) in [5.41, 5.74) is 1.73. The summed E-state index contributed by atoms with van der Waals surface area (Å²) >= 11 is 0. The van der Waals surface area contributed by atoms with Crippen LogP contribution in [-0.2, 0) is 16.6 Å². The van der Waals surface area contributed by atoms with Crippen LogP contribution in [0.1, 0.15) is 65.4 Å². The van der Waals surface area contributed by atoms with E-state index in [1.807, 2.05) is 12.1 Å². The van der Waals surface area contributed by atoms with Crippen LogP contribution in [0.3, 0.4) is 0 Å². The molecule has 146 valence electrons. The Morgan fingerprint density at radius 3 is 1.92 bits per heavy atom. The highest BCUT2D eigenvalue weighted by Gasteiger charge is 2.04. The summed E-state index contributed by atoms with van der Waals surface area (Å²) in [6.45, 7) is 8.08. The highest BCUT2D eigenvalue weighted by atomic mass is 32.2. The minimum atomic E-state index is -3.69. The smallest absolute Gasteiger partial charge is 0.296 e. The van der Waals surface area contributed by atoms with Gasteiger partial charge in [-0.25, -0.2) is 5.14 Å². The van der Waals surface area contributed by atoms with E-state index in [9.17, 15) is 8.42 Å². The molecular weight excluding hydrogens is 334 g/mol. The molecular formula is C19H37N3O2S. The van der Waals surface area contributed by atoms with Gasteiger partial charge in [-0.1, -0.05) is 46.2 Å². The molecule has 1 aromatic carbocycles. The maximum Gasteiger partial charge on any atom is 0.296 e. The van der Waals surface area contributed by atoms with Crippen LogP contribution in [-0.4, -0.2) is 33.0 Å². The Labute approximate surface area is 155 Å². The monoisotopic (exact) mass is 371 g/mol. The zero-order valence-electron chi connectivity index (χ0n) is 15.1. The molecule has 5 nitrogen and oxygen atoms in total. The summed E-state index contributed by atoms with van der Waals surface area (Å²) in [4.78, 5) is 2.59. The van der Waals surface area contributed by atoms with Crippen LogP contribution < -0.4 is 9.86 Å². The standard InChI is InChI=1S/C18H33N3O2S.CH4/c1-3-5-14-21(15-6-4-2)16-8-7-9-17-10-12-18(13-11-17)20-24(19,22)23;/h10-13,20H,3-9,14-16H2,1-2H3,(H2,19,22,23);1H4. The number of rotatable bonds is 13. The second-order valence-electron chi connectivity index (χ2n) is 6.35. The van der Waals surface area contributed by atoms with Crippen LogP contribution in [0.5, 0.6) is 0 Å². The molecule has 0 aliphatic rings. The second-order valence-corrected chi connectivity index (χ2v) is 7.64. The lowest BCUT2D eigenvalue weighted by Gasteiger charge is -2.21. The first-order valence-electron chi connectivity index (χ1n) is 9.06. The average Bonchev–Trinajstić information content (AvgIpc) is 2.53. The first kappa shape index (κ1) is 23.9. The van der Waals surface area contributed by atoms with Crippen molar-refractivity contribution < 1.29 is 8.42 Å². The molecule has 0 atom stereocenters. The fraction of sp³-hybridized carbons (Fsp3) is 0.684. The summed E-state index contributed by atoms with van der Waals surface area (Å²) in [5, 5.41) is 4.96. The third kappa shape index (κ3) is 12.0. The van der Waals surface area contributed by atoms with Crippen molar-refractivity contribution in [2.24, 2.45) is 5.14 Å². The van der Waals surface area contributed by atoms with Crippen molar-refractivity contribution in [3.8, 4) is 0 Å². The van der Waals surface area contributed by atoms with Crippen LogP contribution in [0, 0.1) is 0 Å². The molecule has 0 aliphatic carbocycles. The molecule has 0 unspecified atom stereocenters. The molecule has 0 aromatic heterocycles. The largest absolute Gasteiger partial charge is 0.303 e. The van der Waals surface area contributed by atoms with Gasteiger partial charge in [0.15, 0.2) is 0 Å². The summed E-state index contributed by atoms with van der Waals surface area (Å²) in [6.07, 6.45) is 8.43. The van der Waals surface area contributed by atoms with Crippen molar-refractivity contribution in [2.45, 2.75) is 66.2 Å². The van der Waals surface area contributed by atoms with Gasteiger partial charge in [0.25, 0.3) is 10.2 Å². The Morgan fingerprint density at radius 1 is 0.920 bits per heavy atom. The summed E-state index contributed by atoms with van der Waals surface area (Å²) in [6, 6.07) is 7.43. The van der Waals surface area contributed by atoms with Crippen molar-refractivity contribution >= 4 is 15.9 Å². The van der Waals surface area contributed by atoms with E-state index >= 15 is 0 Å². The molecule has 0 bridgehead atoms. The number of hydrogen-bond acceptors (Lipinski definition) is 3. The van der Waals surface area contributed by atoms with E-state index in [4.69, 9.17) is 5.14 Å². The third-order valence-electron chi connectivity index (χ3n) is 4.06. The van der Waals surface area contributed by atoms with E-state index in [-0.39, 0.29) is 7.43 Å². The number of benzene rings is 1. The minimum absolute atomic E-state index is 0. The maximum atomic E-state index is 11.0. The molecule has 0 aliphatic heterocycles. The lowest BCUT2D eigenvalue weighted by atomic mass is 10.1. The van der Waals surface area contributed by atoms with Gasteiger partial charge < -0.3 is 4.90 Å². The van der Waals surface area contributed by atoms with E-state index in [2.05, 4.69) is 23.5 Å². The van der Waals surface area contributed by atoms with E-state index < -0.39 is 10.2 Å². The quantitative estimate of drug-likeness (QED) is 0.511. The number of unbranched alkanes of at least 4 members (excludes halogenated alkanes) is 3. The highest BCUT2D eigenvalue weighted by molar-refractivity contribution is 7.90. The van der Waals surface area contributed by atoms with Crippen LogP contribution in [0.4, 0.5) is 5.69 Å². The van der Waals surface area contributed by atoms with Crippen LogP contribution >= 0.6 is 0 Å². The molecule has 6 heteroatoms. The van der Waals surface area contributed by atoms with E-state index in [0.717, 1.165) is 12.8 Å². The van der Waals surface area contributed by atoms with Gasteiger partial charge in [-0.15, -0.1) is 0 Å². The Morgan fingerprint density at radius 2 is 1.44 bits per heavy atom. The summed E-state index contributed by atoms with van der Waals surface area (Å²) in [5.74, 6) is 0. The first-order chi connectivity index (χ1) is 11.4. The van der Waals surface area contributed by atoms with Gasteiger partial charge in [0.2, 0.25) is 0 Å². The molecule has 25 heavy (non-hydrogen) atoms. The van der Waals surface area contributed by atoms with Gasteiger partial charge in [0.05, 0.1) is 0 Å². The van der Waals surface area contributed by atoms with E-state index in [1.54, 1.807) is 12.1 Å². The number of hydrogen-bond donors (Lipinski definition) is 2. The Bertz CT molecular complexity index is 536. The third-order valence-corrected chi connectivity index (χ3v) is 4.58. The zero-order chi connectivity index (χ0) is 17.8. The van der Waals surface area contributed by atoms with Crippen LogP contribution in [0.25, 0.3) is 0 Å². The van der Waals surface area contributed by atoms with Crippen molar-refractivity contribution in [3.05, 3.63) is 29.8 Å². The molecule has 0 fully saturated rings. The Hall–Kier alpha value is -1.11. The molecule has 0 saturated heterocycles. The predicted molar refractivity (Wildman–Crippen MR) is 109 cm³/mol. The average molecular weight is 372 g/mol. The van der Waals surface area contributed by atoms with Crippen molar-refractivity contribution in [2.75, 3.05) is 24.4 Å². The van der Waals surface area contributed by atoms with Crippen molar-refractivity contribution in [1.82, 2.24) is 4.90 Å². The van der Waals surface area contributed by atoms with Gasteiger partial charge in [-0.3, -0.25) is 4.72 Å². The molecule has 1 aromatic rings. The molecule has 3 N–H and O–H groups in total. The highest BCUT2D eigenvalue weighted by Crippen LogP contribution is 2.13. The van der Waals surface area contributed by atoms with Crippen LogP contribution in [0.2, 0.25) is 0 Å². The summed E-state index contributed by atoms with van der Waals surface area (Å²) in [7, 11) is -3.69. The number of aryl methyl sites for hydroxylation is 1. The molecule has 0 amide bonds. The van der Waals surface area contributed by atoms with Gasteiger partial charge in [0, 0.05) is 5.69 Å². The topological polar surface area (TPSA) is 75.4 Å². The fourth-order valence-electron chi connectivity index (χ4n) is 2.67. The first-order valence-corrected chi connectivity index (χ1v) is 10.6. The lowest BCUT2D eigenvalue weighted by molar-refractivity contribution is 0.260. The van der Waals surface area contributed by atoms with E-state index in [0.29, 0.717) is 5.69 Å². The lowest BCUT2D eigenvalue weighted by Crippen LogP contribution is -2.27. The zero-order valence-corrected chi connectivity index (χ0v) is 15.9. The normalized spacial score (nSPS) is 11.4. The summed E-state index contributed by atoms with van der Waals surface area (Å²) < 4.78 is 24.2. The SMILES string of the molecule is C.CCCCN(CCCC)CCCCc1ccc(NS(N)(=O)=O)cc1. The van der Waals surface area contributed by atoms with Gasteiger partial charge >= 0.3 is 0 Å².